The molecule has 0 aromatic heterocycles. The molecule has 13 nitrogen and oxygen atoms in total. The summed E-state index contributed by atoms with van der Waals surface area (Å²) in [4.78, 5) is 42.0. The van der Waals surface area contributed by atoms with Gasteiger partial charge in [0.05, 0.1) is 37.5 Å². The third kappa shape index (κ3) is 10.4. The Morgan fingerprint density at radius 1 is 0.700 bits per heavy atom. The third-order valence-electron chi connectivity index (χ3n) is 10.8. The zero-order chi connectivity index (χ0) is 43.1. The van der Waals surface area contributed by atoms with Crippen molar-refractivity contribution in [3.05, 3.63) is 142 Å². The van der Waals surface area contributed by atoms with Crippen molar-refractivity contribution in [1.29, 1.82) is 0 Å². The minimum Gasteiger partial charge on any atom is -0.435 e. The van der Waals surface area contributed by atoms with Crippen LogP contribution in [0, 0.1) is 17.6 Å². The van der Waals surface area contributed by atoms with E-state index in [2.05, 4.69) is 10.6 Å². The fourth-order valence-electron chi connectivity index (χ4n) is 7.47. The maximum absolute atomic E-state index is 15.0. The molecule has 0 bridgehead atoms. The van der Waals surface area contributed by atoms with Gasteiger partial charge in [-0.3, -0.25) is 14.4 Å². The Hall–Kier alpha value is -5.13. The molecule has 1 unspecified atom stereocenters. The maximum Gasteiger partial charge on any atom is 0.325 e. The number of aliphatic hydroxyl groups excluding tert-OH is 3. The van der Waals surface area contributed by atoms with Gasteiger partial charge in [-0.2, -0.15) is 0 Å². The summed E-state index contributed by atoms with van der Waals surface area (Å²) < 4.78 is 53.7. The molecule has 60 heavy (non-hydrogen) atoms. The Bertz CT molecular complexity index is 2120. The standard InChI is InChI=1S/C45H51F2N3O10/c1-24(2)36(48)45(56)60-25(3)59-40(42(58-23-29-15-7-11-19-33(29)47)44(55)50-38-31-17-9-5-13-27(31)21-35(38)52)39(53)41(57-22-28-14-6-10-18-32(28)46)43(54)49-37-30-16-8-4-12-26(30)20-34(37)51/h4-19,24-25,34-42,51-53H,20-23,48H2,1-3H3,(H,49,54)(H,50,55)/t25?,34-,35-,36+,37+,38+,39-,40-,41-,42-/m1/s1. The second kappa shape index (κ2) is 20.0. The quantitative estimate of drug-likeness (QED) is 0.0633. The van der Waals surface area contributed by atoms with Crippen LogP contribution in [0.2, 0.25) is 0 Å². The highest BCUT2D eigenvalue weighted by Crippen LogP contribution is 2.34. The van der Waals surface area contributed by atoms with Gasteiger partial charge in [0, 0.05) is 24.0 Å². The minimum absolute atomic E-state index is 0.0233. The maximum atomic E-state index is 15.0. The smallest absolute Gasteiger partial charge is 0.325 e. The number of carbonyl (C=O) groups excluding carboxylic acids is 3. The topological polar surface area (TPSA) is 199 Å². The van der Waals surface area contributed by atoms with Crippen LogP contribution in [-0.2, 0) is 59.4 Å². The fraction of sp³-hybridized carbons (Fsp3) is 0.400. The number of fused-ring (bicyclic) bond motifs is 2. The van der Waals surface area contributed by atoms with Crippen molar-refractivity contribution < 1.29 is 57.4 Å². The summed E-state index contributed by atoms with van der Waals surface area (Å²) in [6, 6.07) is 22.4. The van der Waals surface area contributed by atoms with Gasteiger partial charge in [-0.25, -0.2) is 8.78 Å². The van der Waals surface area contributed by atoms with Crippen molar-refractivity contribution in [3.8, 4) is 0 Å². The first-order valence-electron chi connectivity index (χ1n) is 19.9. The normalized spacial score (nSPS) is 21.2. The van der Waals surface area contributed by atoms with E-state index in [0.29, 0.717) is 11.1 Å². The van der Waals surface area contributed by atoms with Crippen molar-refractivity contribution in [3.63, 3.8) is 0 Å². The summed E-state index contributed by atoms with van der Waals surface area (Å²) in [6.07, 6.45) is -11.3. The van der Waals surface area contributed by atoms with E-state index in [9.17, 15) is 34.1 Å². The van der Waals surface area contributed by atoms with E-state index in [1.165, 1.54) is 43.3 Å². The Labute approximate surface area is 346 Å². The first-order chi connectivity index (χ1) is 28.7. The number of benzene rings is 4. The number of hydrogen-bond acceptors (Lipinski definition) is 11. The van der Waals surface area contributed by atoms with Crippen LogP contribution in [-0.4, -0.2) is 82.1 Å². The Morgan fingerprint density at radius 3 is 1.62 bits per heavy atom. The number of nitrogens with two attached hydrogens (primary N) is 1. The average Bonchev–Trinajstić information content (AvgIpc) is 3.71. The zero-order valence-corrected chi connectivity index (χ0v) is 33.4. The fourth-order valence-corrected chi connectivity index (χ4v) is 7.47. The molecule has 2 amide bonds. The number of amides is 2. The number of ether oxygens (including phenoxy) is 4. The summed E-state index contributed by atoms with van der Waals surface area (Å²) >= 11 is 0. The van der Waals surface area contributed by atoms with Gasteiger partial charge in [-0.1, -0.05) is 98.8 Å². The van der Waals surface area contributed by atoms with Gasteiger partial charge < -0.3 is 50.6 Å². The summed E-state index contributed by atoms with van der Waals surface area (Å²) in [5.74, 6) is -4.48. The molecule has 2 aliphatic rings. The van der Waals surface area contributed by atoms with Crippen LogP contribution in [0.1, 0.15) is 66.2 Å². The van der Waals surface area contributed by atoms with Crippen molar-refractivity contribution in [1.82, 2.24) is 10.6 Å². The van der Waals surface area contributed by atoms with Crippen LogP contribution in [0.5, 0.6) is 0 Å². The van der Waals surface area contributed by atoms with Crippen molar-refractivity contribution in [2.75, 3.05) is 0 Å². The minimum atomic E-state index is -2.18. The lowest BCUT2D eigenvalue weighted by Gasteiger charge is -2.36. The van der Waals surface area contributed by atoms with E-state index >= 15 is 4.39 Å². The first-order valence-corrected chi connectivity index (χ1v) is 19.9. The monoisotopic (exact) mass is 831 g/mol. The second-order valence-electron chi connectivity index (χ2n) is 15.4. The molecule has 0 aliphatic heterocycles. The molecular formula is C45H51F2N3O10. The van der Waals surface area contributed by atoms with Crippen molar-refractivity contribution in [2.45, 2.75) is 108 Å². The van der Waals surface area contributed by atoms with Crippen LogP contribution < -0.4 is 16.4 Å². The van der Waals surface area contributed by atoms with Gasteiger partial charge in [0.1, 0.15) is 29.9 Å². The summed E-state index contributed by atoms with van der Waals surface area (Å²) in [5, 5.41) is 40.1. The van der Waals surface area contributed by atoms with Crippen LogP contribution in [0.15, 0.2) is 97.1 Å². The second-order valence-corrected chi connectivity index (χ2v) is 15.4. The van der Waals surface area contributed by atoms with Gasteiger partial charge in [0.2, 0.25) is 6.29 Å². The molecule has 7 N–H and O–H groups in total. The number of carbonyl (C=O) groups is 3. The Kier molecular flexibility index (Phi) is 14.8. The Morgan fingerprint density at radius 2 is 1.13 bits per heavy atom. The highest BCUT2D eigenvalue weighted by Gasteiger charge is 2.46. The molecule has 0 heterocycles. The van der Waals surface area contributed by atoms with Gasteiger partial charge >= 0.3 is 5.97 Å². The SMILES string of the molecule is CC(OC(=O)[C@@H](N)C(C)C)O[C@H]([C@@H](O)[C@@H](OCc1ccccc1F)C(=O)N[C@H]1c2ccccc2C[C@H]1O)[C@@H](OCc1ccccc1F)C(=O)N[C@H]1c2ccccc2C[C@H]1O. The first kappa shape index (κ1) is 44.4. The lowest BCUT2D eigenvalue weighted by atomic mass is 9.99. The van der Waals surface area contributed by atoms with E-state index in [1.54, 1.807) is 74.5 Å². The van der Waals surface area contributed by atoms with Crippen LogP contribution in [0.4, 0.5) is 8.78 Å². The zero-order valence-electron chi connectivity index (χ0n) is 33.4. The van der Waals surface area contributed by atoms with Gasteiger partial charge in [-0.05, 0) is 47.2 Å². The lowest BCUT2D eigenvalue weighted by molar-refractivity contribution is -0.229. The molecule has 4 aromatic carbocycles. The number of halogens is 2. The molecule has 15 heteroatoms. The number of rotatable bonds is 18. The number of esters is 1. The predicted molar refractivity (Wildman–Crippen MR) is 213 cm³/mol. The largest absolute Gasteiger partial charge is 0.435 e. The van der Waals surface area contributed by atoms with E-state index in [0.717, 1.165) is 11.1 Å². The van der Waals surface area contributed by atoms with E-state index in [1.807, 2.05) is 0 Å². The number of nitrogens with one attached hydrogen (secondary N) is 2. The van der Waals surface area contributed by atoms with Crippen molar-refractivity contribution >= 4 is 17.8 Å². The molecule has 10 atom stereocenters. The molecule has 4 aromatic rings. The van der Waals surface area contributed by atoms with Crippen LogP contribution >= 0.6 is 0 Å². The highest BCUT2D eigenvalue weighted by molar-refractivity contribution is 5.84. The van der Waals surface area contributed by atoms with Gasteiger partial charge in [-0.15, -0.1) is 0 Å². The predicted octanol–water partition coefficient (Wildman–Crippen LogP) is 3.60. The summed E-state index contributed by atoms with van der Waals surface area (Å²) in [6.45, 7) is 3.60. The van der Waals surface area contributed by atoms with Crippen LogP contribution in [0.3, 0.4) is 0 Å². The Balaban J connectivity index is 1.39. The molecule has 0 spiro atoms. The van der Waals surface area contributed by atoms with Gasteiger partial charge in [0.25, 0.3) is 11.8 Å². The van der Waals surface area contributed by atoms with Crippen molar-refractivity contribution in [2.24, 2.45) is 11.7 Å². The molecule has 6 rings (SSSR count). The summed E-state index contributed by atoms with van der Waals surface area (Å²) in [7, 11) is 0. The highest BCUT2D eigenvalue weighted by atomic mass is 19.1. The number of hydrogen-bond donors (Lipinski definition) is 6. The summed E-state index contributed by atoms with van der Waals surface area (Å²) in [5.41, 5.74) is 8.90. The average molecular weight is 832 g/mol. The molecule has 0 fully saturated rings. The van der Waals surface area contributed by atoms with Gasteiger partial charge in [0.15, 0.2) is 12.2 Å². The molecule has 2 aliphatic carbocycles. The molecule has 0 radical (unpaired) electrons. The van der Waals surface area contributed by atoms with E-state index in [4.69, 9.17) is 24.7 Å². The van der Waals surface area contributed by atoms with Crippen LogP contribution in [0.25, 0.3) is 0 Å². The molecule has 320 valence electrons. The number of aliphatic hydroxyl groups is 3. The molecule has 0 saturated heterocycles. The third-order valence-corrected chi connectivity index (χ3v) is 10.8. The van der Waals surface area contributed by atoms with E-state index in [-0.39, 0.29) is 29.9 Å². The van der Waals surface area contributed by atoms with E-state index < -0.39 is 104 Å². The molecule has 0 saturated carbocycles. The lowest BCUT2D eigenvalue weighted by Crippen LogP contribution is -2.58. The molecular weight excluding hydrogens is 781 g/mol.